The molecule has 24 heavy (non-hydrogen) atoms. The van der Waals surface area contributed by atoms with E-state index in [1.807, 2.05) is 42.2 Å². The van der Waals surface area contributed by atoms with Gasteiger partial charge in [0.2, 0.25) is 0 Å². The van der Waals surface area contributed by atoms with Crippen LogP contribution in [0.2, 0.25) is 5.02 Å². The molecule has 1 aliphatic heterocycles. The minimum absolute atomic E-state index is 0.485. The normalized spacial score (nSPS) is 18.0. The Morgan fingerprint density at radius 3 is 2.92 bits per heavy atom. The summed E-state index contributed by atoms with van der Waals surface area (Å²) >= 11 is 6.48. The minimum Gasteiger partial charge on any atom is -0.493 e. The van der Waals surface area contributed by atoms with Crippen LogP contribution in [0.25, 0.3) is 0 Å². The Balaban J connectivity index is 1.74. The molecule has 0 unspecified atom stereocenters. The van der Waals surface area contributed by atoms with Crippen molar-refractivity contribution in [3.63, 3.8) is 0 Å². The molecule has 0 amide bonds. The van der Waals surface area contributed by atoms with E-state index in [1.54, 1.807) is 7.11 Å². The number of aromatic nitrogens is 2. The fourth-order valence-corrected chi connectivity index (χ4v) is 3.49. The van der Waals surface area contributed by atoms with Gasteiger partial charge in [-0.05, 0) is 44.0 Å². The zero-order valence-corrected chi connectivity index (χ0v) is 15.0. The summed E-state index contributed by atoms with van der Waals surface area (Å²) in [5, 5.41) is 5.05. The third-order valence-electron chi connectivity index (χ3n) is 4.46. The van der Waals surface area contributed by atoms with Crippen LogP contribution in [0.4, 0.5) is 0 Å². The number of hydrogen-bond donors (Lipinski definition) is 0. The van der Waals surface area contributed by atoms with Crippen molar-refractivity contribution in [1.29, 1.82) is 0 Å². The molecule has 0 saturated carbocycles. The van der Waals surface area contributed by atoms with Crippen LogP contribution in [0.3, 0.4) is 0 Å². The second-order valence-corrected chi connectivity index (χ2v) is 6.43. The first-order chi connectivity index (χ1) is 11.7. The van der Waals surface area contributed by atoms with Crippen molar-refractivity contribution >= 4 is 11.6 Å². The Morgan fingerprint density at radius 1 is 1.33 bits per heavy atom. The highest BCUT2D eigenvalue weighted by Gasteiger charge is 2.26. The molecule has 1 atom stereocenters. The Bertz CT molecular complexity index is 661. The Hall–Kier alpha value is -1.72. The zero-order chi connectivity index (χ0) is 16.9. The van der Waals surface area contributed by atoms with Crippen LogP contribution in [-0.2, 0) is 13.1 Å². The summed E-state index contributed by atoms with van der Waals surface area (Å²) in [5.74, 6) is 1.43. The smallest absolute Gasteiger partial charge is 0.162 e. The maximum absolute atomic E-state index is 6.48. The van der Waals surface area contributed by atoms with Gasteiger partial charge >= 0.3 is 0 Å². The highest BCUT2D eigenvalue weighted by atomic mass is 35.5. The summed E-state index contributed by atoms with van der Waals surface area (Å²) < 4.78 is 13.0. The Kier molecular flexibility index (Phi) is 5.63. The SMILES string of the molecule is CCOc1cc(Cl)c(CN2CCC[C@@H]2Cn2cccn2)cc1OC. The summed E-state index contributed by atoms with van der Waals surface area (Å²) in [5.41, 5.74) is 1.07. The average molecular weight is 350 g/mol. The Morgan fingerprint density at radius 2 is 2.21 bits per heavy atom. The lowest BCUT2D eigenvalue weighted by atomic mass is 10.1. The summed E-state index contributed by atoms with van der Waals surface area (Å²) in [6.45, 7) is 5.35. The molecule has 130 valence electrons. The minimum atomic E-state index is 0.485. The summed E-state index contributed by atoms with van der Waals surface area (Å²) in [6, 6.07) is 6.31. The first-order valence-electron chi connectivity index (χ1n) is 8.42. The van der Waals surface area contributed by atoms with Crippen LogP contribution in [-0.4, -0.2) is 41.0 Å². The van der Waals surface area contributed by atoms with E-state index in [-0.39, 0.29) is 0 Å². The molecule has 1 aliphatic rings. The maximum Gasteiger partial charge on any atom is 0.162 e. The number of hydrogen-bond acceptors (Lipinski definition) is 4. The van der Waals surface area contributed by atoms with Gasteiger partial charge < -0.3 is 9.47 Å². The molecule has 0 radical (unpaired) electrons. The van der Waals surface area contributed by atoms with Gasteiger partial charge in [-0.2, -0.15) is 5.10 Å². The molecule has 1 aromatic heterocycles. The Labute approximate surface area is 148 Å². The molecule has 2 heterocycles. The van der Waals surface area contributed by atoms with E-state index in [9.17, 15) is 0 Å². The van der Waals surface area contributed by atoms with Gasteiger partial charge in [-0.1, -0.05) is 11.6 Å². The second kappa shape index (κ2) is 7.90. The van der Waals surface area contributed by atoms with E-state index in [0.717, 1.165) is 36.0 Å². The number of ether oxygens (including phenoxy) is 2. The maximum atomic E-state index is 6.48. The van der Waals surface area contributed by atoms with E-state index >= 15 is 0 Å². The van der Waals surface area contributed by atoms with Gasteiger partial charge in [-0.25, -0.2) is 0 Å². The molecule has 3 rings (SSSR count). The van der Waals surface area contributed by atoms with Crippen molar-refractivity contribution in [2.24, 2.45) is 0 Å². The van der Waals surface area contributed by atoms with Crippen LogP contribution >= 0.6 is 11.6 Å². The van der Waals surface area contributed by atoms with Gasteiger partial charge in [0, 0.05) is 36.1 Å². The van der Waals surface area contributed by atoms with Gasteiger partial charge in [-0.3, -0.25) is 9.58 Å². The monoisotopic (exact) mass is 349 g/mol. The third-order valence-corrected chi connectivity index (χ3v) is 4.81. The van der Waals surface area contributed by atoms with Crippen LogP contribution < -0.4 is 9.47 Å². The third kappa shape index (κ3) is 3.84. The largest absolute Gasteiger partial charge is 0.493 e. The molecular weight excluding hydrogens is 326 g/mol. The first-order valence-corrected chi connectivity index (χ1v) is 8.79. The van der Waals surface area contributed by atoms with Crippen molar-refractivity contribution in [3.05, 3.63) is 41.2 Å². The van der Waals surface area contributed by atoms with E-state index in [1.165, 1.54) is 12.8 Å². The molecule has 1 fully saturated rings. The van der Waals surface area contributed by atoms with Gasteiger partial charge in [0.1, 0.15) is 0 Å². The predicted molar refractivity (Wildman–Crippen MR) is 94.8 cm³/mol. The molecule has 2 aromatic rings. The number of halogens is 1. The van der Waals surface area contributed by atoms with E-state index < -0.39 is 0 Å². The molecular formula is C18H24ClN3O2. The van der Waals surface area contributed by atoms with Crippen molar-refractivity contribution in [3.8, 4) is 11.5 Å². The number of likely N-dealkylation sites (tertiary alicyclic amines) is 1. The first kappa shape index (κ1) is 17.1. The summed E-state index contributed by atoms with van der Waals surface area (Å²) in [6.07, 6.45) is 6.24. The molecule has 5 nitrogen and oxygen atoms in total. The number of methoxy groups -OCH3 is 1. The van der Waals surface area contributed by atoms with Crippen molar-refractivity contribution in [1.82, 2.24) is 14.7 Å². The van der Waals surface area contributed by atoms with Crippen LogP contribution in [0, 0.1) is 0 Å². The van der Waals surface area contributed by atoms with E-state index in [2.05, 4.69) is 10.00 Å². The topological polar surface area (TPSA) is 39.5 Å². The number of nitrogens with zero attached hydrogens (tertiary/aromatic N) is 3. The second-order valence-electron chi connectivity index (χ2n) is 6.02. The quantitative estimate of drug-likeness (QED) is 0.765. The highest BCUT2D eigenvalue weighted by molar-refractivity contribution is 6.31. The van der Waals surface area contributed by atoms with E-state index in [4.69, 9.17) is 21.1 Å². The molecule has 1 saturated heterocycles. The lowest BCUT2D eigenvalue weighted by molar-refractivity contribution is 0.219. The number of rotatable bonds is 7. The summed E-state index contributed by atoms with van der Waals surface area (Å²) in [4.78, 5) is 2.47. The molecule has 0 spiro atoms. The van der Waals surface area contributed by atoms with Crippen LogP contribution in [0.5, 0.6) is 11.5 Å². The van der Waals surface area contributed by atoms with Crippen LogP contribution in [0.15, 0.2) is 30.6 Å². The molecule has 6 heteroatoms. The highest BCUT2D eigenvalue weighted by Crippen LogP contribution is 2.35. The summed E-state index contributed by atoms with van der Waals surface area (Å²) in [7, 11) is 1.66. The lowest BCUT2D eigenvalue weighted by Gasteiger charge is -2.25. The van der Waals surface area contributed by atoms with Gasteiger partial charge in [-0.15, -0.1) is 0 Å². The van der Waals surface area contributed by atoms with Crippen LogP contribution in [0.1, 0.15) is 25.3 Å². The van der Waals surface area contributed by atoms with Gasteiger partial charge in [0.25, 0.3) is 0 Å². The van der Waals surface area contributed by atoms with Crippen molar-refractivity contribution < 1.29 is 9.47 Å². The molecule has 1 aromatic carbocycles. The standard InChI is InChI=1S/C18H24ClN3O2/c1-3-24-18-11-16(19)14(10-17(18)23-2)12-21-8-4-6-15(21)13-22-9-5-7-20-22/h5,7,9-11,15H,3-4,6,8,12-13H2,1-2H3/t15-/m1/s1. The van der Waals surface area contributed by atoms with Gasteiger partial charge in [0.05, 0.1) is 20.3 Å². The lowest BCUT2D eigenvalue weighted by Crippen LogP contribution is -2.32. The number of benzene rings is 1. The van der Waals surface area contributed by atoms with Gasteiger partial charge in [0.15, 0.2) is 11.5 Å². The average Bonchev–Trinajstić information content (AvgIpc) is 3.23. The molecule has 0 N–H and O–H groups in total. The van der Waals surface area contributed by atoms with Crippen molar-refractivity contribution in [2.45, 2.75) is 38.9 Å². The fraction of sp³-hybridized carbons (Fsp3) is 0.500. The van der Waals surface area contributed by atoms with Crippen molar-refractivity contribution in [2.75, 3.05) is 20.3 Å². The zero-order valence-electron chi connectivity index (χ0n) is 14.2. The predicted octanol–water partition coefficient (Wildman–Crippen LogP) is 3.61. The molecule has 0 aliphatic carbocycles. The van der Waals surface area contributed by atoms with E-state index in [0.29, 0.717) is 18.4 Å². The molecule has 0 bridgehead atoms. The fourth-order valence-electron chi connectivity index (χ4n) is 3.28.